The summed E-state index contributed by atoms with van der Waals surface area (Å²) in [6.07, 6.45) is 0.852. The smallest absolute Gasteiger partial charge is 0.243 e. The van der Waals surface area contributed by atoms with Gasteiger partial charge in [0, 0.05) is 17.6 Å². The van der Waals surface area contributed by atoms with Crippen LogP contribution in [0.25, 0.3) is 0 Å². The molecule has 0 saturated carbocycles. The van der Waals surface area contributed by atoms with E-state index in [1.54, 1.807) is 28.6 Å². The van der Waals surface area contributed by atoms with Crippen molar-refractivity contribution in [1.29, 1.82) is 0 Å². The Hall–Kier alpha value is -0.430. The first-order chi connectivity index (χ1) is 9.95. The molecule has 0 fully saturated rings. The predicted octanol–water partition coefficient (Wildman–Crippen LogP) is 3.19. The van der Waals surface area contributed by atoms with Crippen molar-refractivity contribution < 1.29 is 8.42 Å². The molecule has 0 aliphatic rings. The lowest BCUT2D eigenvalue weighted by atomic mass is 10.3. The zero-order valence-corrected chi connectivity index (χ0v) is 15.5. The summed E-state index contributed by atoms with van der Waals surface area (Å²) in [7, 11) is -3.39. The highest BCUT2D eigenvalue weighted by atomic mass is 79.9. The quantitative estimate of drug-likeness (QED) is 0.664. The van der Waals surface area contributed by atoms with E-state index in [-0.39, 0.29) is 0 Å². The van der Waals surface area contributed by atoms with Gasteiger partial charge in [0.25, 0.3) is 0 Å². The van der Waals surface area contributed by atoms with Crippen molar-refractivity contribution in [2.45, 2.75) is 32.1 Å². The minimum Gasteiger partial charge on any atom is -0.304 e. The molecule has 0 aliphatic heterocycles. The normalized spacial score (nSPS) is 12.3. The molecule has 21 heavy (non-hydrogen) atoms. The fourth-order valence-corrected chi connectivity index (χ4v) is 3.97. The van der Waals surface area contributed by atoms with Crippen LogP contribution in [0.2, 0.25) is 0 Å². The van der Waals surface area contributed by atoms with Crippen LogP contribution in [-0.2, 0) is 10.0 Å². The first-order valence-corrected chi connectivity index (χ1v) is 9.67. The number of rotatable bonds is 9. The van der Waals surface area contributed by atoms with E-state index in [0.717, 1.165) is 30.5 Å². The summed E-state index contributed by atoms with van der Waals surface area (Å²) in [4.78, 5) is 2.66. The molecule has 1 aromatic rings. The monoisotopic (exact) mass is 376 g/mol. The van der Waals surface area contributed by atoms with Crippen LogP contribution >= 0.6 is 15.9 Å². The van der Waals surface area contributed by atoms with Crippen molar-refractivity contribution in [2.75, 3.05) is 32.7 Å². The average Bonchev–Trinajstić information content (AvgIpc) is 2.48. The third-order valence-corrected chi connectivity index (χ3v) is 6.10. The molecule has 6 heteroatoms. The fourth-order valence-electron chi connectivity index (χ4n) is 2.21. The van der Waals surface area contributed by atoms with E-state index in [2.05, 4.69) is 34.7 Å². The molecule has 0 saturated heterocycles. The first kappa shape index (κ1) is 18.6. The molecule has 1 aromatic carbocycles. The largest absolute Gasteiger partial charge is 0.304 e. The van der Waals surface area contributed by atoms with Gasteiger partial charge in [0.2, 0.25) is 10.0 Å². The van der Waals surface area contributed by atoms with Crippen molar-refractivity contribution in [3.63, 3.8) is 0 Å². The Morgan fingerprint density at radius 1 is 0.952 bits per heavy atom. The Balaban J connectivity index is 2.72. The van der Waals surface area contributed by atoms with Gasteiger partial charge in [-0.1, -0.05) is 36.7 Å². The zero-order valence-electron chi connectivity index (χ0n) is 13.0. The van der Waals surface area contributed by atoms with E-state index in [1.807, 2.05) is 6.92 Å². The summed E-state index contributed by atoms with van der Waals surface area (Å²) in [5.74, 6) is 0. The molecule has 4 nitrogen and oxygen atoms in total. The molecule has 0 spiro atoms. The maximum atomic E-state index is 12.6. The Kier molecular flexibility index (Phi) is 7.87. The predicted molar refractivity (Wildman–Crippen MR) is 91.0 cm³/mol. The maximum Gasteiger partial charge on any atom is 0.243 e. The third kappa shape index (κ3) is 5.36. The van der Waals surface area contributed by atoms with E-state index in [1.165, 1.54) is 0 Å². The second-order valence-electron chi connectivity index (χ2n) is 4.83. The summed E-state index contributed by atoms with van der Waals surface area (Å²) in [5.41, 5.74) is 0. The highest BCUT2D eigenvalue weighted by Crippen LogP contribution is 2.18. The fraction of sp³-hybridized carbons (Fsp3) is 0.600. The molecule has 0 unspecified atom stereocenters. The van der Waals surface area contributed by atoms with Crippen molar-refractivity contribution in [3.8, 4) is 0 Å². The third-order valence-electron chi connectivity index (χ3n) is 3.58. The first-order valence-electron chi connectivity index (χ1n) is 7.43. The standard InChI is InChI=1S/C15H25BrN2O2S/c1-4-17(5-2)12-7-13-18(6-3)21(19,20)15-10-8-14(16)9-11-15/h8-11H,4-7,12-13H2,1-3H3. The van der Waals surface area contributed by atoms with Gasteiger partial charge in [-0.05, 0) is 50.3 Å². The van der Waals surface area contributed by atoms with Crippen LogP contribution in [-0.4, -0.2) is 50.3 Å². The molecular weight excluding hydrogens is 352 g/mol. The number of hydrogen-bond donors (Lipinski definition) is 0. The number of sulfonamides is 1. The number of nitrogens with zero attached hydrogens (tertiary/aromatic N) is 2. The molecule has 120 valence electrons. The molecule has 0 aromatic heterocycles. The summed E-state index contributed by atoms with van der Waals surface area (Å²) in [6, 6.07) is 6.81. The maximum absolute atomic E-state index is 12.6. The molecule has 0 N–H and O–H groups in total. The lowest BCUT2D eigenvalue weighted by Gasteiger charge is -2.23. The van der Waals surface area contributed by atoms with Crippen LogP contribution in [0, 0.1) is 0 Å². The molecule has 0 atom stereocenters. The summed E-state index contributed by atoms with van der Waals surface area (Å²) in [5, 5.41) is 0. The average molecular weight is 377 g/mol. The minimum absolute atomic E-state index is 0.357. The summed E-state index contributed by atoms with van der Waals surface area (Å²) < 4.78 is 27.6. The van der Waals surface area contributed by atoms with Gasteiger partial charge in [0.1, 0.15) is 0 Å². The SMILES string of the molecule is CCN(CC)CCCN(CC)S(=O)(=O)c1ccc(Br)cc1. The van der Waals surface area contributed by atoms with Gasteiger partial charge < -0.3 is 4.90 Å². The molecule has 1 rings (SSSR count). The molecule has 0 aliphatic carbocycles. The molecule has 0 amide bonds. The second-order valence-corrected chi connectivity index (χ2v) is 7.68. The van der Waals surface area contributed by atoms with E-state index < -0.39 is 10.0 Å². The van der Waals surface area contributed by atoms with Crippen molar-refractivity contribution in [1.82, 2.24) is 9.21 Å². The van der Waals surface area contributed by atoms with Crippen LogP contribution in [0.1, 0.15) is 27.2 Å². The molecular formula is C15H25BrN2O2S. The van der Waals surface area contributed by atoms with Crippen LogP contribution in [0.4, 0.5) is 0 Å². The van der Waals surface area contributed by atoms with E-state index in [0.29, 0.717) is 18.0 Å². The van der Waals surface area contributed by atoms with Gasteiger partial charge in [0.05, 0.1) is 4.90 Å². The van der Waals surface area contributed by atoms with E-state index in [4.69, 9.17) is 0 Å². The lowest BCUT2D eigenvalue weighted by molar-refractivity contribution is 0.285. The van der Waals surface area contributed by atoms with Crippen LogP contribution in [0.5, 0.6) is 0 Å². The van der Waals surface area contributed by atoms with Crippen molar-refractivity contribution in [3.05, 3.63) is 28.7 Å². The van der Waals surface area contributed by atoms with E-state index in [9.17, 15) is 8.42 Å². The number of benzene rings is 1. The molecule has 0 radical (unpaired) electrons. The summed E-state index contributed by atoms with van der Waals surface area (Å²) in [6.45, 7) is 10.1. The molecule has 0 heterocycles. The van der Waals surface area contributed by atoms with Gasteiger partial charge in [0.15, 0.2) is 0 Å². The van der Waals surface area contributed by atoms with Gasteiger partial charge in [-0.25, -0.2) is 8.42 Å². The Morgan fingerprint density at radius 2 is 1.52 bits per heavy atom. The Bertz CT molecular complexity index is 513. The Morgan fingerprint density at radius 3 is 2.00 bits per heavy atom. The topological polar surface area (TPSA) is 40.6 Å². The highest BCUT2D eigenvalue weighted by Gasteiger charge is 2.22. The number of halogens is 1. The van der Waals surface area contributed by atoms with Gasteiger partial charge >= 0.3 is 0 Å². The lowest BCUT2D eigenvalue weighted by Crippen LogP contribution is -2.34. The van der Waals surface area contributed by atoms with Crippen LogP contribution in [0.15, 0.2) is 33.6 Å². The van der Waals surface area contributed by atoms with E-state index >= 15 is 0 Å². The van der Waals surface area contributed by atoms with Crippen molar-refractivity contribution >= 4 is 26.0 Å². The van der Waals surface area contributed by atoms with Gasteiger partial charge in [-0.2, -0.15) is 4.31 Å². The Labute approximate surface area is 137 Å². The minimum atomic E-state index is -3.39. The van der Waals surface area contributed by atoms with Crippen LogP contribution < -0.4 is 0 Å². The zero-order chi connectivity index (χ0) is 15.9. The highest BCUT2D eigenvalue weighted by molar-refractivity contribution is 9.10. The van der Waals surface area contributed by atoms with Crippen molar-refractivity contribution in [2.24, 2.45) is 0 Å². The van der Waals surface area contributed by atoms with Gasteiger partial charge in [-0.3, -0.25) is 0 Å². The van der Waals surface area contributed by atoms with Gasteiger partial charge in [-0.15, -0.1) is 0 Å². The summed E-state index contributed by atoms with van der Waals surface area (Å²) >= 11 is 3.33. The second kappa shape index (κ2) is 8.88. The molecule has 0 bridgehead atoms. The number of hydrogen-bond acceptors (Lipinski definition) is 3. The van der Waals surface area contributed by atoms with Crippen LogP contribution in [0.3, 0.4) is 0 Å².